The monoisotopic (exact) mass is 324 g/mol. The Morgan fingerprint density at radius 1 is 1.29 bits per heavy atom. The van der Waals surface area contributed by atoms with Crippen LogP contribution < -0.4 is 5.43 Å². The summed E-state index contributed by atoms with van der Waals surface area (Å²) in [5, 5.41) is 25.2. The van der Waals surface area contributed by atoms with Gasteiger partial charge in [-0.25, -0.2) is 5.43 Å². The number of benzene rings is 2. The Morgan fingerprint density at radius 2 is 2.08 bits per heavy atom. The van der Waals surface area contributed by atoms with E-state index in [1.165, 1.54) is 6.21 Å². The molecule has 0 unspecified atom stereocenters. The molecule has 2 aromatic carbocycles. The normalized spacial score (nSPS) is 11.0. The summed E-state index contributed by atoms with van der Waals surface area (Å²) >= 11 is 0. The highest BCUT2D eigenvalue weighted by Gasteiger charge is 2.16. The van der Waals surface area contributed by atoms with Gasteiger partial charge in [-0.05, 0) is 12.1 Å². The van der Waals surface area contributed by atoms with Gasteiger partial charge in [-0.2, -0.15) is 5.10 Å². The molecule has 0 aliphatic heterocycles. The van der Waals surface area contributed by atoms with E-state index < -0.39 is 10.8 Å². The molecule has 0 spiro atoms. The first-order chi connectivity index (χ1) is 11.6. The molecule has 8 heteroatoms. The number of nitro groups is 1. The minimum absolute atomic E-state index is 0.222. The highest BCUT2D eigenvalue weighted by atomic mass is 16.6. The van der Waals surface area contributed by atoms with Gasteiger partial charge in [-0.1, -0.05) is 18.2 Å². The summed E-state index contributed by atoms with van der Waals surface area (Å²) in [7, 11) is 0. The van der Waals surface area contributed by atoms with E-state index in [4.69, 9.17) is 0 Å². The van der Waals surface area contributed by atoms with Gasteiger partial charge in [0.2, 0.25) is 0 Å². The van der Waals surface area contributed by atoms with Crippen molar-refractivity contribution in [1.82, 2.24) is 10.4 Å². The Bertz CT molecular complexity index is 962. The lowest BCUT2D eigenvalue weighted by Gasteiger charge is -2.02. The van der Waals surface area contributed by atoms with Crippen LogP contribution in [0.5, 0.6) is 5.75 Å². The van der Waals surface area contributed by atoms with Crippen molar-refractivity contribution in [2.45, 2.75) is 0 Å². The van der Waals surface area contributed by atoms with Crippen molar-refractivity contribution >= 4 is 28.7 Å². The molecule has 1 heterocycles. The predicted octanol–water partition coefficient (Wildman–Crippen LogP) is 2.55. The minimum Gasteiger partial charge on any atom is -0.507 e. The number of carbonyl (C=O) groups is 1. The van der Waals surface area contributed by atoms with Crippen LogP contribution in [-0.4, -0.2) is 27.1 Å². The van der Waals surface area contributed by atoms with Crippen LogP contribution in [0.15, 0.2) is 53.8 Å². The van der Waals surface area contributed by atoms with Crippen LogP contribution in [0.25, 0.3) is 10.9 Å². The number of carbonyl (C=O) groups excluding carboxylic acids is 1. The summed E-state index contributed by atoms with van der Waals surface area (Å²) in [6.45, 7) is 0. The fraction of sp³-hybridized carbons (Fsp3) is 0. The quantitative estimate of drug-likeness (QED) is 0.388. The molecule has 0 saturated carbocycles. The largest absolute Gasteiger partial charge is 0.507 e. The maximum Gasteiger partial charge on any atom is 0.275 e. The number of aromatic nitrogens is 1. The molecule has 0 fully saturated rings. The van der Waals surface area contributed by atoms with Gasteiger partial charge < -0.3 is 10.1 Å². The average molecular weight is 324 g/mol. The molecule has 0 aliphatic carbocycles. The van der Waals surface area contributed by atoms with Crippen molar-refractivity contribution in [3.63, 3.8) is 0 Å². The number of rotatable bonds is 4. The molecule has 3 rings (SSSR count). The number of hydrazone groups is 1. The molecule has 120 valence electrons. The number of para-hydroxylation sites is 1. The van der Waals surface area contributed by atoms with E-state index in [-0.39, 0.29) is 17.0 Å². The topological polar surface area (TPSA) is 121 Å². The van der Waals surface area contributed by atoms with Crippen molar-refractivity contribution < 1.29 is 14.8 Å². The molecule has 24 heavy (non-hydrogen) atoms. The molecule has 0 atom stereocenters. The molecule has 0 aliphatic rings. The number of nitro benzene ring substituents is 1. The molecule has 3 N–H and O–H groups in total. The Hall–Kier alpha value is -3.68. The van der Waals surface area contributed by atoms with Crippen LogP contribution in [0.3, 0.4) is 0 Å². The van der Waals surface area contributed by atoms with Crippen LogP contribution in [0.2, 0.25) is 0 Å². The number of nitrogens with zero attached hydrogens (tertiary/aromatic N) is 2. The highest BCUT2D eigenvalue weighted by molar-refractivity contribution is 6.01. The van der Waals surface area contributed by atoms with Crippen LogP contribution in [-0.2, 0) is 0 Å². The van der Waals surface area contributed by atoms with Gasteiger partial charge >= 0.3 is 0 Å². The van der Waals surface area contributed by atoms with Crippen LogP contribution >= 0.6 is 0 Å². The lowest BCUT2D eigenvalue weighted by molar-refractivity contribution is -0.384. The first-order valence-electron chi connectivity index (χ1n) is 6.93. The maximum atomic E-state index is 12.0. The number of phenolic OH excluding ortho intramolecular Hbond substituents is 1. The van der Waals surface area contributed by atoms with Gasteiger partial charge in [0.1, 0.15) is 5.75 Å². The number of hydrogen-bond donors (Lipinski definition) is 3. The summed E-state index contributed by atoms with van der Waals surface area (Å²) < 4.78 is 0. The van der Waals surface area contributed by atoms with E-state index in [9.17, 15) is 20.0 Å². The fourth-order valence-corrected chi connectivity index (χ4v) is 2.24. The predicted molar refractivity (Wildman–Crippen MR) is 88.1 cm³/mol. The van der Waals surface area contributed by atoms with Gasteiger partial charge in [0.05, 0.1) is 16.7 Å². The molecule has 0 radical (unpaired) electrons. The number of amides is 1. The molecule has 8 nitrogen and oxygen atoms in total. The molecule has 0 saturated heterocycles. The average Bonchev–Trinajstić information content (AvgIpc) is 2.98. The Balaban J connectivity index is 1.78. The second-order valence-electron chi connectivity index (χ2n) is 4.95. The van der Waals surface area contributed by atoms with Crippen LogP contribution in [0.4, 0.5) is 5.69 Å². The first kappa shape index (κ1) is 15.2. The molecule has 3 aromatic rings. The minimum atomic E-state index is -0.743. The van der Waals surface area contributed by atoms with E-state index in [1.807, 2.05) is 24.3 Å². The van der Waals surface area contributed by atoms with E-state index in [0.29, 0.717) is 0 Å². The number of aromatic hydroxyl groups is 1. The summed E-state index contributed by atoms with van der Waals surface area (Å²) in [5.41, 5.74) is 3.43. The van der Waals surface area contributed by atoms with Crippen molar-refractivity contribution in [1.29, 1.82) is 0 Å². The van der Waals surface area contributed by atoms with E-state index in [2.05, 4.69) is 15.5 Å². The SMILES string of the molecule is O=C(N/N=C\c1c[nH]c2ccccc12)c1cc([N+](=O)[O-])ccc1O. The third-order valence-corrected chi connectivity index (χ3v) is 3.43. The fourth-order valence-electron chi connectivity index (χ4n) is 2.24. The van der Waals surface area contributed by atoms with Gasteiger partial charge in [-0.3, -0.25) is 14.9 Å². The van der Waals surface area contributed by atoms with E-state index >= 15 is 0 Å². The lowest BCUT2D eigenvalue weighted by atomic mass is 10.1. The standard InChI is InChI=1S/C16H12N4O4/c21-15-6-5-11(20(23)24)7-13(15)16(22)19-18-9-10-8-17-14-4-2-1-3-12(10)14/h1-9,17,21H,(H,19,22)/b18-9-. The van der Waals surface area contributed by atoms with Crippen molar-refractivity contribution in [2.75, 3.05) is 0 Å². The number of hydrogen-bond acceptors (Lipinski definition) is 5. The summed E-state index contributed by atoms with van der Waals surface area (Å²) in [4.78, 5) is 25.2. The number of H-pyrrole nitrogens is 1. The van der Waals surface area contributed by atoms with Gasteiger partial charge in [0.25, 0.3) is 11.6 Å². The third kappa shape index (κ3) is 2.93. The number of aromatic amines is 1. The second-order valence-corrected chi connectivity index (χ2v) is 4.95. The Labute approximate surface area is 135 Å². The van der Waals surface area contributed by atoms with Crippen molar-refractivity contribution in [2.24, 2.45) is 5.10 Å². The number of nitrogens with one attached hydrogen (secondary N) is 2. The van der Waals surface area contributed by atoms with Crippen molar-refractivity contribution in [3.8, 4) is 5.75 Å². The number of non-ortho nitro benzene ring substituents is 1. The van der Waals surface area contributed by atoms with Crippen LogP contribution in [0.1, 0.15) is 15.9 Å². The molecular weight excluding hydrogens is 312 g/mol. The maximum absolute atomic E-state index is 12.0. The van der Waals surface area contributed by atoms with Crippen LogP contribution in [0, 0.1) is 10.1 Å². The molecule has 0 bridgehead atoms. The van der Waals surface area contributed by atoms with E-state index in [0.717, 1.165) is 34.7 Å². The lowest BCUT2D eigenvalue weighted by Crippen LogP contribution is -2.17. The zero-order valence-corrected chi connectivity index (χ0v) is 12.3. The Morgan fingerprint density at radius 3 is 2.88 bits per heavy atom. The van der Waals surface area contributed by atoms with Crippen molar-refractivity contribution in [3.05, 3.63) is 69.9 Å². The third-order valence-electron chi connectivity index (χ3n) is 3.43. The smallest absolute Gasteiger partial charge is 0.275 e. The summed E-state index contributed by atoms with van der Waals surface area (Å²) in [6.07, 6.45) is 3.19. The number of phenols is 1. The molecule has 1 aromatic heterocycles. The molecule has 1 amide bonds. The van der Waals surface area contributed by atoms with Gasteiger partial charge in [0, 0.05) is 34.8 Å². The van der Waals surface area contributed by atoms with Gasteiger partial charge in [-0.15, -0.1) is 0 Å². The highest BCUT2D eigenvalue weighted by Crippen LogP contribution is 2.22. The van der Waals surface area contributed by atoms with Gasteiger partial charge in [0.15, 0.2) is 0 Å². The Kier molecular flexibility index (Phi) is 3.94. The van der Waals surface area contributed by atoms with E-state index in [1.54, 1.807) is 6.20 Å². The summed E-state index contributed by atoms with van der Waals surface area (Å²) in [5.74, 6) is -1.10. The zero-order chi connectivity index (χ0) is 17.1. The zero-order valence-electron chi connectivity index (χ0n) is 12.3. The molecular formula is C16H12N4O4. The number of fused-ring (bicyclic) bond motifs is 1. The second kappa shape index (κ2) is 6.21. The first-order valence-corrected chi connectivity index (χ1v) is 6.93. The summed E-state index contributed by atoms with van der Waals surface area (Å²) in [6, 6.07) is 10.8.